The Hall–Kier alpha value is 1.01. The van der Waals surface area contributed by atoms with Gasteiger partial charge in [0.15, 0.2) is 0 Å². The van der Waals surface area contributed by atoms with E-state index in [2.05, 4.69) is 0 Å². The molecule has 4 nitrogen and oxygen atoms in total. The summed E-state index contributed by atoms with van der Waals surface area (Å²) in [6.45, 7) is 0. The summed E-state index contributed by atoms with van der Waals surface area (Å²) in [5.74, 6) is 0. The molecule has 0 rings (SSSR count). The van der Waals surface area contributed by atoms with Gasteiger partial charge < -0.3 is 21.9 Å². The van der Waals surface area contributed by atoms with E-state index in [9.17, 15) is 0 Å². The summed E-state index contributed by atoms with van der Waals surface area (Å²) in [4.78, 5) is 0. The molecule has 0 aromatic rings. The molecule has 3 N–H and O–H groups in total. The molecular weight excluding hydrogens is 188 g/mol. The van der Waals surface area contributed by atoms with Crippen molar-refractivity contribution in [2.24, 2.45) is 0 Å². The second-order valence-corrected chi connectivity index (χ2v) is 0. The Morgan fingerprint density at radius 3 is 0.833 bits per heavy atom. The zero-order valence-corrected chi connectivity index (χ0v) is 6.53. The van der Waals surface area contributed by atoms with Crippen LogP contribution in [0.25, 0.3) is 0 Å². The molecule has 0 bridgehead atoms. The monoisotopic (exact) mass is 194 g/mol. The first-order valence-electron chi connectivity index (χ1n) is 0. The Morgan fingerprint density at radius 2 is 0.833 bits per heavy atom. The Labute approximate surface area is 54.7 Å². The molecule has 6 heteroatoms. The molecule has 6 heavy (non-hydrogen) atoms. The van der Waals surface area contributed by atoms with Crippen LogP contribution in [0.15, 0.2) is 0 Å². The Morgan fingerprint density at radius 1 is 0.833 bits per heavy atom. The largest absolute Gasteiger partial charge is 5.00 e. The van der Waals surface area contributed by atoms with Gasteiger partial charge in [-0.25, -0.2) is 0 Å². The molecule has 0 aliphatic heterocycles. The van der Waals surface area contributed by atoms with Gasteiger partial charge in [-0.05, 0) is 0 Å². The first kappa shape index (κ1) is 248. The van der Waals surface area contributed by atoms with Crippen LogP contribution in [-0.2, 0) is 33.3 Å². The van der Waals surface area contributed by atoms with Gasteiger partial charge in [0.1, 0.15) is 0 Å². The molecule has 1 unspecified atom stereocenters. The van der Waals surface area contributed by atoms with Gasteiger partial charge >= 0.3 is 22.4 Å². The standard InChI is InChI=1S/Nb.2H2O.2O.H3P/h;2*1H2;;;1H3/q+5;;;2*-2;/p-1. The van der Waals surface area contributed by atoms with Crippen LogP contribution in [0.2, 0.25) is 0 Å². The van der Waals surface area contributed by atoms with Crippen molar-refractivity contribution in [3.63, 3.8) is 0 Å². The van der Waals surface area contributed by atoms with Gasteiger partial charge in [-0.1, -0.05) is 0 Å². The molecule has 0 saturated heterocycles. The van der Waals surface area contributed by atoms with E-state index in [0.29, 0.717) is 0 Å². The van der Waals surface area contributed by atoms with Crippen LogP contribution in [0.1, 0.15) is 0 Å². The van der Waals surface area contributed by atoms with Crippen molar-refractivity contribution in [1.82, 2.24) is 0 Å². The number of hydrogen-bond acceptors (Lipinski definition) is 1. The van der Waals surface area contributed by atoms with Crippen LogP contribution < -0.4 is 0 Å². The summed E-state index contributed by atoms with van der Waals surface area (Å²) < 4.78 is 0. The van der Waals surface area contributed by atoms with Crippen molar-refractivity contribution in [3.05, 3.63) is 0 Å². The summed E-state index contributed by atoms with van der Waals surface area (Å²) in [7, 11) is 0. The van der Waals surface area contributed by atoms with Crippen LogP contribution in [0.3, 0.4) is 0 Å². The topological polar surface area (TPSA) is 118 Å². The maximum Gasteiger partial charge on any atom is 5.00 e. The van der Waals surface area contributed by atoms with Crippen molar-refractivity contribution in [2.45, 2.75) is 0 Å². The van der Waals surface area contributed by atoms with E-state index in [1.807, 2.05) is 0 Å². The van der Waals surface area contributed by atoms with Crippen LogP contribution >= 0.6 is 9.90 Å². The predicted molar refractivity (Wildman–Crippen MR) is 18.0 cm³/mol. The molecule has 0 amide bonds. The second-order valence-electron chi connectivity index (χ2n) is 0. The van der Waals surface area contributed by atoms with Crippen LogP contribution in [0.4, 0.5) is 0 Å². The minimum absolute atomic E-state index is 0. The summed E-state index contributed by atoms with van der Waals surface area (Å²) in [6, 6.07) is 0. The van der Waals surface area contributed by atoms with Gasteiger partial charge in [0.25, 0.3) is 0 Å². The van der Waals surface area contributed by atoms with Crippen LogP contribution in [-0.4, -0.2) is 11.0 Å². The van der Waals surface area contributed by atoms with Crippen molar-refractivity contribution < 1.29 is 44.3 Å². The van der Waals surface area contributed by atoms with Crippen molar-refractivity contribution in [2.75, 3.05) is 0 Å². The molecule has 0 aromatic heterocycles. The van der Waals surface area contributed by atoms with Crippen LogP contribution in [0, 0.1) is 0 Å². The molecule has 0 aromatic carbocycles. The van der Waals surface area contributed by atoms with E-state index in [0.717, 1.165) is 0 Å². The first-order valence-corrected chi connectivity index (χ1v) is 0. The van der Waals surface area contributed by atoms with E-state index in [1.54, 1.807) is 0 Å². The third-order valence-corrected chi connectivity index (χ3v) is 0. The van der Waals surface area contributed by atoms with Crippen molar-refractivity contribution in [1.29, 1.82) is 0 Å². The molecule has 40 valence electrons. The van der Waals surface area contributed by atoms with Gasteiger partial charge in [0, 0.05) is 0 Å². The van der Waals surface area contributed by atoms with Crippen molar-refractivity contribution in [3.8, 4) is 0 Å². The van der Waals surface area contributed by atoms with E-state index >= 15 is 0 Å². The fourth-order valence-corrected chi connectivity index (χ4v) is 0. The smallest absolute Gasteiger partial charge is 2.00 e. The fourth-order valence-electron chi connectivity index (χ4n) is 0. The van der Waals surface area contributed by atoms with E-state index in [-0.39, 0.29) is 54.2 Å². The average molecular weight is 194 g/mol. The summed E-state index contributed by atoms with van der Waals surface area (Å²) >= 11 is 0. The minimum Gasteiger partial charge on any atom is -2.00 e. The fraction of sp³-hybridized carbons (Fsp3) is 0. The SMILES string of the molecule is O.P.[Nb+5].[O-2].[O-2].[OH-]. The van der Waals surface area contributed by atoms with Crippen LogP contribution in [0.5, 0.6) is 0 Å². The molecule has 1 atom stereocenters. The molecule has 0 radical (unpaired) electrons. The third-order valence-electron chi connectivity index (χ3n) is 0. The average Bonchev–Trinajstić information content (AvgIpc) is 0. The summed E-state index contributed by atoms with van der Waals surface area (Å²) in [5, 5.41) is 0. The minimum atomic E-state index is 0. The normalized spacial score (nSPS) is 0. The summed E-state index contributed by atoms with van der Waals surface area (Å²) in [5.41, 5.74) is 0. The van der Waals surface area contributed by atoms with E-state index in [4.69, 9.17) is 0 Å². The van der Waals surface area contributed by atoms with Gasteiger partial charge in [-0.2, -0.15) is 9.90 Å². The van der Waals surface area contributed by atoms with E-state index < -0.39 is 0 Å². The molecule has 0 saturated carbocycles. The quantitative estimate of drug-likeness (QED) is 0.349. The van der Waals surface area contributed by atoms with Crippen molar-refractivity contribution >= 4 is 9.90 Å². The number of hydrogen-bond donors (Lipinski definition) is 0. The van der Waals surface area contributed by atoms with E-state index in [1.165, 1.54) is 0 Å². The molecule has 0 heterocycles. The zero-order chi connectivity index (χ0) is 0. The molecule has 0 aliphatic carbocycles. The van der Waals surface area contributed by atoms with Gasteiger partial charge in [0.05, 0.1) is 0 Å². The number of rotatable bonds is 0. The Bertz CT molecular complexity index is 7.51. The molecule has 0 aliphatic rings. The second kappa shape index (κ2) is 148. The van der Waals surface area contributed by atoms with Gasteiger partial charge in [0.2, 0.25) is 0 Å². The summed E-state index contributed by atoms with van der Waals surface area (Å²) in [6.07, 6.45) is 0. The Balaban J connectivity index is 0. The Kier molecular flexibility index (Phi) is 6110. The molecular formula is H6NbO4P. The van der Waals surface area contributed by atoms with Gasteiger partial charge in [-0.15, -0.1) is 0 Å². The van der Waals surface area contributed by atoms with Gasteiger partial charge in [-0.3, -0.25) is 0 Å². The zero-order valence-electron chi connectivity index (χ0n) is 2.92. The molecule has 0 spiro atoms. The first-order chi connectivity index (χ1) is 0. The third kappa shape index (κ3) is 78.9. The molecule has 0 fully saturated rings. The maximum atomic E-state index is 0. The predicted octanol–water partition coefficient (Wildman–Crippen LogP) is -1.18. The maximum absolute atomic E-state index is 0.